The molecule has 0 radical (unpaired) electrons. The molecule has 50 heavy (non-hydrogen) atoms. The van der Waals surface area contributed by atoms with Crippen LogP contribution in [0.2, 0.25) is 0 Å². The van der Waals surface area contributed by atoms with Crippen LogP contribution in [-0.2, 0) is 0 Å². The maximum atomic E-state index is 5.09. The molecule has 0 bridgehead atoms. The van der Waals surface area contributed by atoms with E-state index in [0.717, 1.165) is 27.1 Å². The molecule has 0 aliphatic carbocycles. The van der Waals surface area contributed by atoms with E-state index >= 15 is 0 Å². The molecular weight excluding hydrogens is 629 g/mol. The monoisotopic (exact) mass is 656 g/mol. The van der Waals surface area contributed by atoms with Crippen LogP contribution in [0.5, 0.6) is 0 Å². The fraction of sp³-hybridized carbons (Fsp3) is 0. The molecule has 0 spiro atoms. The minimum Gasteiger partial charge on any atom is -0.309 e. The molecule has 0 saturated carbocycles. The molecule has 3 heterocycles. The minimum absolute atomic E-state index is 0.662. The van der Waals surface area contributed by atoms with E-state index in [1.807, 2.05) is 36.4 Å². The van der Waals surface area contributed by atoms with Crippen molar-refractivity contribution in [2.75, 3.05) is 0 Å². The van der Waals surface area contributed by atoms with Crippen LogP contribution in [0, 0.1) is 0 Å². The van der Waals surface area contributed by atoms with E-state index in [-0.39, 0.29) is 0 Å². The van der Waals surface area contributed by atoms with Gasteiger partial charge in [-0.15, -0.1) is 11.3 Å². The Labute approximate surface area is 292 Å². The number of benzene rings is 7. The summed E-state index contributed by atoms with van der Waals surface area (Å²) in [7, 11) is 0. The molecule has 0 atom stereocenters. The van der Waals surface area contributed by atoms with E-state index in [1.165, 1.54) is 48.4 Å². The number of para-hydroxylation sites is 2. The summed E-state index contributed by atoms with van der Waals surface area (Å²) in [5.74, 6) is 1.99. The van der Waals surface area contributed by atoms with Crippen LogP contribution in [-0.4, -0.2) is 19.5 Å². The van der Waals surface area contributed by atoms with Crippen molar-refractivity contribution >= 4 is 53.3 Å². The predicted molar refractivity (Wildman–Crippen MR) is 209 cm³/mol. The number of hydrogen-bond donors (Lipinski definition) is 0. The van der Waals surface area contributed by atoms with Crippen molar-refractivity contribution in [1.82, 2.24) is 19.5 Å². The summed E-state index contributed by atoms with van der Waals surface area (Å²) >= 11 is 1.80. The van der Waals surface area contributed by atoms with Crippen LogP contribution < -0.4 is 0 Å². The molecule has 0 aliphatic heterocycles. The average Bonchev–Trinajstić information content (AvgIpc) is 3.75. The van der Waals surface area contributed by atoms with Gasteiger partial charge in [-0.3, -0.25) is 0 Å². The zero-order valence-corrected chi connectivity index (χ0v) is 27.7. The number of fused-ring (bicyclic) bond motifs is 6. The van der Waals surface area contributed by atoms with Crippen molar-refractivity contribution in [3.8, 4) is 51.0 Å². The zero-order chi connectivity index (χ0) is 33.0. The lowest BCUT2D eigenvalue weighted by Gasteiger charge is -2.10. The summed E-state index contributed by atoms with van der Waals surface area (Å²) in [6, 6.07) is 59.6. The first-order valence-electron chi connectivity index (χ1n) is 16.7. The fourth-order valence-corrected chi connectivity index (χ4v) is 8.51. The highest BCUT2D eigenvalue weighted by atomic mass is 32.1. The highest BCUT2D eigenvalue weighted by molar-refractivity contribution is 7.26. The molecule has 0 aliphatic rings. The van der Waals surface area contributed by atoms with Crippen LogP contribution >= 0.6 is 11.3 Å². The van der Waals surface area contributed by atoms with Crippen LogP contribution in [0.4, 0.5) is 0 Å². The van der Waals surface area contributed by atoms with Crippen molar-refractivity contribution in [3.63, 3.8) is 0 Å². The zero-order valence-electron chi connectivity index (χ0n) is 26.9. The molecule has 0 fully saturated rings. The first kappa shape index (κ1) is 28.6. The van der Waals surface area contributed by atoms with Crippen LogP contribution in [0.25, 0.3) is 93.0 Å². The second-order valence-corrected chi connectivity index (χ2v) is 13.4. The van der Waals surface area contributed by atoms with E-state index in [4.69, 9.17) is 15.0 Å². The number of thiophene rings is 1. The third-order valence-corrected chi connectivity index (χ3v) is 10.7. The van der Waals surface area contributed by atoms with Gasteiger partial charge in [0, 0.05) is 53.3 Å². The molecule has 10 rings (SSSR count). The Morgan fingerprint density at radius 3 is 1.62 bits per heavy atom. The summed E-state index contributed by atoms with van der Waals surface area (Å²) in [4.78, 5) is 15.1. The fourth-order valence-electron chi connectivity index (χ4n) is 7.28. The normalized spacial score (nSPS) is 11.6. The topological polar surface area (TPSA) is 43.6 Å². The minimum atomic E-state index is 0.662. The molecule has 234 valence electrons. The lowest BCUT2D eigenvalue weighted by Crippen LogP contribution is -2.00. The van der Waals surface area contributed by atoms with Gasteiger partial charge < -0.3 is 4.57 Å². The highest BCUT2D eigenvalue weighted by Gasteiger charge is 2.21. The summed E-state index contributed by atoms with van der Waals surface area (Å²) in [6.45, 7) is 0. The third kappa shape index (κ3) is 4.55. The maximum Gasteiger partial charge on any atom is 0.165 e. The molecule has 3 aromatic heterocycles. The molecule has 0 amide bonds. The second-order valence-electron chi connectivity index (χ2n) is 12.4. The van der Waals surface area contributed by atoms with Crippen molar-refractivity contribution < 1.29 is 0 Å². The van der Waals surface area contributed by atoms with E-state index < -0.39 is 0 Å². The smallest absolute Gasteiger partial charge is 0.165 e. The van der Waals surface area contributed by atoms with E-state index in [0.29, 0.717) is 17.5 Å². The SMILES string of the molecule is c1ccc(-c2nc(-c3ccccc3)nc(-c3cccc4c3sc3cccc(-c5cccc6c5c5ccccc5n6-c5ccccc5)c34)n2)cc1. The first-order chi connectivity index (χ1) is 24.8. The lowest BCUT2D eigenvalue weighted by molar-refractivity contribution is 1.08. The first-order valence-corrected chi connectivity index (χ1v) is 17.5. The molecule has 7 aromatic carbocycles. The Hall–Kier alpha value is -6.43. The Morgan fingerprint density at radius 1 is 0.380 bits per heavy atom. The Kier molecular flexibility index (Phi) is 6.64. The molecule has 0 saturated heterocycles. The third-order valence-electron chi connectivity index (χ3n) is 9.47. The molecule has 10 aromatic rings. The molecule has 0 N–H and O–H groups in total. The summed E-state index contributed by atoms with van der Waals surface area (Å²) in [5.41, 5.74) is 8.92. The van der Waals surface area contributed by atoms with Gasteiger partial charge in [-0.1, -0.05) is 133 Å². The van der Waals surface area contributed by atoms with E-state index in [2.05, 4.69) is 138 Å². The van der Waals surface area contributed by atoms with E-state index in [9.17, 15) is 0 Å². The van der Waals surface area contributed by atoms with Crippen molar-refractivity contribution in [3.05, 3.63) is 170 Å². The highest BCUT2D eigenvalue weighted by Crippen LogP contribution is 2.46. The van der Waals surface area contributed by atoms with Crippen LogP contribution in [0.15, 0.2) is 170 Å². The Morgan fingerprint density at radius 2 is 0.900 bits per heavy atom. The number of aromatic nitrogens is 4. The van der Waals surface area contributed by atoms with Crippen molar-refractivity contribution in [2.45, 2.75) is 0 Å². The van der Waals surface area contributed by atoms with Gasteiger partial charge in [0.2, 0.25) is 0 Å². The van der Waals surface area contributed by atoms with Gasteiger partial charge in [-0.05, 0) is 47.5 Å². The number of hydrogen-bond acceptors (Lipinski definition) is 4. The standard InChI is InChI=1S/C45H28N4S/c1-4-15-29(16-5-1)43-46-44(30-17-6-2-7-18-30)48-45(47-43)36-25-12-24-35-41-33(23-14-28-39(41)50-42(35)36)32-22-13-27-38-40(32)34-21-10-11-26-37(34)49(38)31-19-8-3-9-20-31/h1-28H. The Bertz CT molecular complexity index is 2800. The quantitative estimate of drug-likeness (QED) is 0.185. The van der Waals surface area contributed by atoms with Gasteiger partial charge >= 0.3 is 0 Å². The van der Waals surface area contributed by atoms with Crippen LogP contribution in [0.1, 0.15) is 0 Å². The summed E-state index contributed by atoms with van der Waals surface area (Å²) in [5, 5.41) is 4.95. The average molecular weight is 657 g/mol. The van der Waals surface area contributed by atoms with Gasteiger partial charge in [0.05, 0.1) is 11.0 Å². The maximum absolute atomic E-state index is 5.09. The lowest BCUT2D eigenvalue weighted by atomic mass is 9.95. The van der Waals surface area contributed by atoms with E-state index in [1.54, 1.807) is 11.3 Å². The summed E-state index contributed by atoms with van der Waals surface area (Å²) < 4.78 is 4.78. The van der Waals surface area contributed by atoms with Crippen LogP contribution in [0.3, 0.4) is 0 Å². The van der Waals surface area contributed by atoms with Crippen molar-refractivity contribution in [2.24, 2.45) is 0 Å². The largest absolute Gasteiger partial charge is 0.309 e. The Balaban J connectivity index is 1.22. The van der Waals surface area contributed by atoms with Crippen molar-refractivity contribution in [1.29, 1.82) is 0 Å². The molecular formula is C45H28N4S. The van der Waals surface area contributed by atoms with Gasteiger partial charge in [0.1, 0.15) is 0 Å². The molecule has 5 heteroatoms. The summed E-state index contributed by atoms with van der Waals surface area (Å²) in [6.07, 6.45) is 0. The number of rotatable bonds is 5. The van der Waals surface area contributed by atoms with Gasteiger partial charge in [0.15, 0.2) is 17.5 Å². The predicted octanol–water partition coefficient (Wildman–Crippen LogP) is 12.0. The molecule has 0 unspecified atom stereocenters. The van der Waals surface area contributed by atoms with Gasteiger partial charge in [0.25, 0.3) is 0 Å². The van der Waals surface area contributed by atoms with Gasteiger partial charge in [-0.2, -0.15) is 0 Å². The van der Waals surface area contributed by atoms with Gasteiger partial charge in [-0.25, -0.2) is 15.0 Å². The number of nitrogens with zero attached hydrogens (tertiary/aromatic N) is 4. The molecule has 4 nitrogen and oxygen atoms in total. The second kappa shape index (κ2) is 11.6.